The summed E-state index contributed by atoms with van der Waals surface area (Å²) in [5, 5.41) is 6.67. The maximum atomic E-state index is 11.8. The molecular weight excluding hydrogens is 288 g/mol. The fourth-order valence-corrected chi connectivity index (χ4v) is 2.04. The van der Waals surface area contributed by atoms with E-state index in [2.05, 4.69) is 20.6 Å². The van der Waals surface area contributed by atoms with Gasteiger partial charge in [0.05, 0.1) is 12.4 Å². The Bertz CT molecular complexity index is 668. The van der Waals surface area contributed by atoms with E-state index in [1.54, 1.807) is 6.20 Å². The van der Waals surface area contributed by atoms with Crippen molar-refractivity contribution < 1.29 is 4.79 Å². The third-order valence-electron chi connectivity index (χ3n) is 3.26. The van der Waals surface area contributed by atoms with Gasteiger partial charge < -0.3 is 10.6 Å². The summed E-state index contributed by atoms with van der Waals surface area (Å²) in [5.41, 5.74) is 2.25. The number of anilines is 2. The van der Waals surface area contributed by atoms with E-state index in [-0.39, 0.29) is 5.91 Å². The maximum Gasteiger partial charge on any atom is 0.271 e. The summed E-state index contributed by atoms with van der Waals surface area (Å²) in [4.78, 5) is 20.2. The second-order valence-electron chi connectivity index (χ2n) is 5.12. The Balaban J connectivity index is 1.71. The number of aromatic nitrogens is 2. The number of carbonyl (C=O) groups excluding carboxylic acids is 1. The standard InChI is InChI=1S/C15H15ClN4O/c1-9-2-3-10(16)6-12(9)20-14-8-17-13(7-18-14)15(21)19-11-4-5-11/h2-3,6-8,11H,4-5H2,1H3,(H,18,20)(H,19,21). The minimum absolute atomic E-state index is 0.171. The van der Waals surface area contributed by atoms with Crippen LogP contribution in [0.5, 0.6) is 0 Å². The smallest absolute Gasteiger partial charge is 0.271 e. The van der Waals surface area contributed by atoms with E-state index in [4.69, 9.17) is 11.6 Å². The molecule has 1 amide bonds. The molecule has 1 heterocycles. The van der Waals surface area contributed by atoms with Gasteiger partial charge >= 0.3 is 0 Å². The number of amides is 1. The summed E-state index contributed by atoms with van der Waals surface area (Å²) in [5.74, 6) is 0.402. The van der Waals surface area contributed by atoms with Gasteiger partial charge in [0.2, 0.25) is 0 Å². The second kappa shape index (κ2) is 5.69. The molecule has 108 valence electrons. The molecule has 3 rings (SSSR count). The molecule has 1 aliphatic rings. The van der Waals surface area contributed by atoms with Crippen molar-refractivity contribution in [2.75, 3.05) is 5.32 Å². The molecule has 2 N–H and O–H groups in total. The Kier molecular flexibility index (Phi) is 3.75. The highest BCUT2D eigenvalue weighted by Crippen LogP contribution is 2.23. The Morgan fingerprint density at radius 3 is 2.76 bits per heavy atom. The summed E-state index contributed by atoms with van der Waals surface area (Å²) in [7, 11) is 0. The van der Waals surface area contributed by atoms with Crippen molar-refractivity contribution >= 4 is 29.0 Å². The molecule has 21 heavy (non-hydrogen) atoms. The Morgan fingerprint density at radius 1 is 1.29 bits per heavy atom. The number of carbonyl (C=O) groups is 1. The predicted octanol–water partition coefficient (Wildman–Crippen LogP) is 3.07. The minimum atomic E-state index is -0.171. The molecule has 6 heteroatoms. The highest BCUT2D eigenvalue weighted by molar-refractivity contribution is 6.30. The SMILES string of the molecule is Cc1ccc(Cl)cc1Nc1cnc(C(=O)NC2CC2)cn1. The van der Waals surface area contributed by atoms with Crippen LogP contribution in [0.4, 0.5) is 11.5 Å². The number of rotatable bonds is 4. The lowest BCUT2D eigenvalue weighted by Crippen LogP contribution is -2.26. The van der Waals surface area contributed by atoms with Crippen LogP contribution in [-0.4, -0.2) is 21.9 Å². The molecule has 0 spiro atoms. The first-order chi connectivity index (χ1) is 10.1. The number of benzene rings is 1. The highest BCUT2D eigenvalue weighted by atomic mass is 35.5. The first-order valence-electron chi connectivity index (χ1n) is 6.78. The number of hydrogen-bond acceptors (Lipinski definition) is 4. The van der Waals surface area contributed by atoms with Crippen LogP contribution >= 0.6 is 11.6 Å². The van der Waals surface area contributed by atoms with Crippen molar-refractivity contribution in [3.8, 4) is 0 Å². The van der Waals surface area contributed by atoms with E-state index in [0.29, 0.717) is 22.6 Å². The van der Waals surface area contributed by atoms with E-state index in [1.165, 1.54) is 6.20 Å². The number of nitrogens with zero attached hydrogens (tertiary/aromatic N) is 2. The number of halogens is 1. The van der Waals surface area contributed by atoms with Gasteiger partial charge in [0.1, 0.15) is 11.5 Å². The molecule has 0 radical (unpaired) electrons. The van der Waals surface area contributed by atoms with Crippen molar-refractivity contribution in [3.05, 3.63) is 46.9 Å². The largest absolute Gasteiger partial charge is 0.348 e. The van der Waals surface area contributed by atoms with E-state index in [1.807, 2.05) is 25.1 Å². The van der Waals surface area contributed by atoms with Gasteiger partial charge in [-0.25, -0.2) is 9.97 Å². The second-order valence-corrected chi connectivity index (χ2v) is 5.56. The molecule has 0 bridgehead atoms. The average molecular weight is 303 g/mol. The monoisotopic (exact) mass is 302 g/mol. The third-order valence-corrected chi connectivity index (χ3v) is 3.49. The van der Waals surface area contributed by atoms with Crippen LogP contribution in [0, 0.1) is 6.92 Å². The number of aryl methyl sites for hydroxylation is 1. The molecule has 1 saturated carbocycles. The van der Waals surface area contributed by atoms with Gasteiger partial charge in [-0.05, 0) is 37.5 Å². The maximum absolute atomic E-state index is 11.8. The van der Waals surface area contributed by atoms with Crippen LogP contribution in [0.25, 0.3) is 0 Å². The van der Waals surface area contributed by atoms with E-state index < -0.39 is 0 Å². The summed E-state index contributed by atoms with van der Waals surface area (Å²) in [6.07, 6.45) is 5.11. The van der Waals surface area contributed by atoms with Crippen molar-refractivity contribution in [1.82, 2.24) is 15.3 Å². The third kappa shape index (κ3) is 3.49. The molecule has 1 aromatic carbocycles. The summed E-state index contributed by atoms with van der Waals surface area (Å²) >= 11 is 5.98. The van der Waals surface area contributed by atoms with Gasteiger partial charge in [-0.3, -0.25) is 4.79 Å². The average Bonchev–Trinajstić information content (AvgIpc) is 3.27. The summed E-state index contributed by atoms with van der Waals surface area (Å²) in [6.45, 7) is 1.98. The zero-order chi connectivity index (χ0) is 14.8. The van der Waals surface area contributed by atoms with E-state index in [0.717, 1.165) is 24.1 Å². The molecule has 1 aromatic heterocycles. The Labute approximate surface area is 127 Å². The zero-order valence-electron chi connectivity index (χ0n) is 11.6. The van der Waals surface area contributed by atoms with E-state index in [9.17, 15) is 4.79 Å². The normalized spacial score (nSPS) is 13.8. The number of hydrogen-bond donors (Lipinski definition) is 2. The summed E-state index contributed by atoms with van der Waals surface area (Å²) in [6, 6.07) is 5.90. The molecule has 5 nitrogen and oxygen atoms in total. The molecule has 2 aromatic rings. The molecule has 0 atom stereocenters. The van der Waals surface area contributed by atoms with Crippen LogP contribution in [0.2, 0.25) is 5.02 Å². The zero-order valence-corrected chi connectivity index (χ0v) is 12.3. The predicted molar refractivity (Wildman–Crippen MR) is 82.0 cm³/mol. The Hall–Kier alpha value is -2.14. The van der Waals surface area contributed by atoms with Crippen LogP contribution in [0.1, 0.15) is 28.9 Å². The topological polar surface area (TPSA) is 66.9 Å². The first kappa shape index (κ1) is 13.8. The van der Waals surface area contributed by atoms with Gasteiger partial charge in [0.15, 0.2) is 0 Å². The van der Waals surface area contributed by atoms with Gasteiger partial charge in [0, 0.05) is 16.8 Å². The van der Waals surface area contributed by atoms with Gasteiger partial charge in [0.25, 0.3) is 5.91 Å². The quantitative estimate of drug-likeness (QED) is 0.911. The van der Waals surface area contributed by atoms with Crippen LogP contribution in [-0.2, 0) is 0 Å². The van der Waals surface area contributed by atoms with Gasteiger partial charge in [-0.1, -0.05) is 17.7 Å². The lowest BCUT2D eigenvalue weighted by molar-refractivity contribution is 0.0945. The van der Waals surface area contributed by atoms with Crippen LogP contribution in [0.3, 0.4) is 0 Å². The van der Waals surface area contributed by atoms with Crippen molar-refractivity contribution in [3.63, 3.8) is 0 Å². The van der Waals surface area contributed by atoms with Gasteiger partial charge in [-0.2, -0.15) is 0 Å². The van der Waals surface area contributed by atoms with Crippen molar-refractivity contribution in [2.45, 2.75) is 25.8 Å². The summed E-state index contributed by atoms with van der Waals surface area (Å²) < 4.78 is 0. The van der Waals surface area contributed by atoms with Gasteiger partial charge in [-0.15, -0.1) is 0 Å². The molecule has 0 aliphatic heterocycles. The highest BCUT2D eigenvalue weighted by Gasteiger charge is 2.24. The fourth-order valence-electron chi connectivity index (χ4n) is 1.86. The Morgan fingerprint density at radius 2 is 2.10 bits per heavy atom. The molecular formula is C15H15ClN4O. The minimum Gasteiger partial charge on any atom is -0.348 e. The first-order valence-corrected chi connectivity index (χ1v) is 7.16. The number of nitrogens with one attached hydrogen (secondary N) is 2. The lowest BCUT2D eigenvalue weighted by Gasteiger charge is -2.09. The van der Waals surface area contributed by atoms with Crippen LogP contribution < -0.4 is 10.6 Å². The van der Waals surface area contributed by atoms with Crippen LogP contribution in [0.15, 0.2) is 30.6 Å². The van der Waals surface area contributed by atoms with E-state index >= 15 is 0 Å². The molecule has 1 fully saturated rings. The molecule has 1 aliphatic carbocycles. The fraction of sp³-hybridized carbons (Fsp3) is 0.267. The van der Waals surface area contributed by atoms with Crippen molar-refractivity contribution in [1.29, 1.82) is 0 Å². The molecule has 0 saturated heterocycles. The lowest BCUT2D eigenvalue weighted by atomic mass is 10.2. The van der Waals surface area contributed by atoms with Crippen molar-refractivity contribution in [2.24, 2.45) is 0 Å². The molecule has 0 unspecified atom stereocenters.